The summed E-state index contributed by atoms with van der Waals surface area (Å²) in [6, 6.07) is 1.75. The van der Waals surface area contributed by atoms with Crippen molar-refractivity contribution in [1.29, 1.82) is 0 Å². The third-order valence-corrected chi connectivity index (χ3v) is 3.01. The molecule has 0 amide bonds. The van der Waals surface area contributed by atoms with Crippen LogP contribution in [0.1, 0.15) is 12.6 Å². The van der Waals surface area contributed by atoms with Crippen molar-refractivity contribution in [2.45, 2.75) is 13.8 Å². The molecule has 0 spiro atoms. The van der Waals surface area contributed by atoms with Gasteiger partial charge in [-0.2, -0.15) is 9.37 Å². The monoisotopic (exact) mass is 248 g/mol. The molecule has 0 N–H and O–H groups in total. The largest absolute Gasteiger partial charge is 0.475 e. The summed E-state index contributed by atoms with van der Waals surface area (Å²) in [5.41, 5.74) is 1.30. The van der Waals surface area contributed by atoms with Crippen LogP contribution in [0.3, 0.4) is 0 Å². The molecule has 2 aromatic heterocycles. The second kappa shape index (κ2) is 4.04. The summed E-state index contributed by atoms with van der Waals surface area (Å²) in [6.45, 7) is 5.75. The first-order valence-corrected chi connectivity index (χ1v) is 5.91. The van der Waals surface area contributed by atoms with Gasteiger partial charge in [-0.05, 0) is 19.9 Å². The number of anilines is 1. The predicted octanol–water partition coefficient (Wildman–Crippen LogP) is 1.69. The molecule has 1 aliphatic rings. The van der Waals surface area contributed by atoms with E-state index in [1.165, 1.54) is 0 Å². The Morgan fingerprint density at radius 1 is 1.39 bits per heavy atom. The van der Waals surface area contributed by atoms with Crippen molar-refractivity contribution in [1.82, 2.24) is 15.0 Å². The van der Waals surface area contributed by atoms with Crippen LogP contribution in [-0.4, -0.2) is 34.6 Å². The Bertz CT molecular complexity index is 611. The fourth-order valence-electron chi connectivity index (χ4n) is 2.19. The van der Waals surface area contributed by atoms with Crippen LogP contribution >= 0.6 is 0 Å². The van der Waals surface area contributed by atoms with Crippen molar-refractivity contribution in [3.63, 3.8) is 0 Å². The summed E-state index contributed by atoms with van der Waals surface area (Å²) >= 11 is 0. The SMILES string of the molecule is CCN1CCOc2nc(C)cc3nc(F)nc1c23. The van der Waals surface area contributed by atoms with Gasteiger partial charge in [-0.25, -0.2) is 9.97 Å². The predicted molar refractivity (Wildman–Crippen MR) is 65.4 cm³/mol. The number of pyridine rings is 1. The van der Waals surface area contributed by atoms with Crippen molar-refractivity contribution in [3.05, 3.63) is 17.8 Å². The number of rotatable bonds is 1. The molecule has 0 saturated carbocycles. The molecule has 3 heterocycles. The summed E-state index contributed by atoms with van der Waals surface area (Å²) in [5.74, 6) is 1.07. The molecule has 0 aromatic carbocycles. The average Bonchev–Trinajstić information content (AvgIpc) is 2.48. The molecule has 18 heavy (non-hydrogen) atoms. The Hall–Kier alpha value is -1.98. The zero-order valence-corrected chi connectivity index (χ0v) is 10.3. The highest BCUT2D eigenvalue weighted by molar-refractivity contribution is 5.94. The van der Waals surface area contributed by atoms with E-state index in [4.69, 9.17) is 4.74 Å². The van der Waals surface area contributed by atoms with E-state index in [1.54, 1.807) is 6.07 Å². The van der Waals surface area contributed by atoms with Crippen LogP contribution in [0.5, 0.6) is 5.88 Å². The Kier molecular flexibility index (Phi) is 2.50. The molecule has 1 aliphatic heterocycles. The number of aryl methyl sites for hydroxylation is 1. The van der Waals surface area contributed by atoms with E-state index < -0.39 is 6.08 Å². The first-order chi connectivity index (χ1) is 8.69. The van der Waals surface area contributed by atoms with Gasteiger partial charge in [0.25, 0.3) is 0 Å². The third-order valence-electron chi connectivity index (χ3n) is 3.01. The van der Waals surface area contributed by atoms with Crippen LogP contribution in [0.15, 0.2) is 6.07 Å². The Morgan fingerprint density at radius 2 is 2.22 bits per heavy atom. The molecule has 0 saturated heterocycles. The van der Waals surface area contributed by atoms with Crippen molar-refractivity contribution in [3.8, 4) is 5.88 Å². The number of hydrogen-bond donors (Lipinski definition) is 0. The minimum absolute atomic E-state index is 0.496. The van der Waals surface area contributed by atoms with Crippen LogP contribution in [-0.2, 0) is 0 Å². The quantitative estimate of drug-likeness (QED) is 0.719. The topological polar surface area (TPSA) is 51.1 Å². The molecule has 0 aliphatic carbocycles. The van der Waals surface area contributed by atoms with E-state index in [1.807, 2.05) is 18.7 Å². The number of hydrogen-bond acceptors (Lipinski definition) is 5. The Morgan fingerprint density at radius 3 is 3.00 bits per heavy atom. The fourth-order valence-corrected chi connectivity index (χ4v) is 2.19. The molecule has 94 valence electrons. The van der Waals surface area contributed by atoms with Gasteiger partial charge in [0.05, 0.1) is 12.1 Å². The maximum Gasteiger partial charge on any atom is 0.311 e. The molecule has 0 bridgehead atoms. The second-order valence-corrected chi connectivity index (χ2v) is 4.21. The van der Waals surface area contributed by atoms with Gasteiger partial charge in [0.2, 0.25) is 5.88 Å². The summed E-state index contributed by atoms with van der Waals surface area (Å²) in [7, 11) is 0. The van der Waals surface area contributed by atoms with Gasteiger partial charge in [0, 0.05) is 12.2 Å². The zero-order valence-electron chi connectivity index (χ0n) is 10.3. The lowest BCUT2D eigenvalue weighted by molar-refractivity contribution is 0.319. The van der Waals surface area contributed by atoms with Crippen LogP contribution in [0.4, 0.5) is 10.2 Å². The van der Waals surface area contributed by atoms with Crippen LogP contribution in [0.2, 0.25) is 0 Å². The van der Waals surface area contributed by atoms with Crippen molar-refractivity contribution in [2.24, 2.45) is 0 Å². The summed E-state index contributed by atoms with van der Waals surface area (Å²) < 4.78 is 19.1. The van der Waals surface area contributed by atoms with Gasteiger partial charge in [0.15, 0.2) is 0 Å². The number of likely N-dealkylation sites (N-methyl/N-ethyl adjacent to an activating group) is 1. The number of halogens is 1. The first-order valence-electron chi connectivity index (χ1n) is 5.91. The van der Waals surface area contributed by atoms with Crippen molar-refractivity contribution >= 4 is 16.7 Å². The maximum atomic E-state index is 13.5. The van der Waals surface area contributed by atoms with Gasteiger partial charge < -0.3 is 9.64 Å². The highest BCUT2D eigenvalue weighted by Gasteiger charge is 2.22. The smallest absolute Gasteiger partial charge is 0.311 e. The standard InChI is InChI=1S/C12H13FN4O/c1-3-17-4-5-18-11-9-8(6-7(2)14-11)15-12(13)16-10(9)17/h6H,3-5H2,1-2H3. The molecule has 0 radical (unpaired) electrons. The average molecular weight is 248 g/mol. The van der Waals surface area contributed by atoms with Gasteiger partial charge in [-0.15, -0.1) is 0 Å². The highest BCUT2D eigenvalue weighted by Crippen LogP contribution is 2.33. The molecule has 2 aromatic rings. The van der Waals surface area contributed by atoms with E-state index >= 15 is 0 Å². The molecular weight excluding hydrogens is 235 g/mol. The fraction of sp³-hybridized carbons (Fsp3) is 0.417. The van der Waals surface area contributed by atoms with Gasteiger partial charge in [0.1, 0.15) is 17.8 Å². The van der Waals surface area contributed by atoms with E-state index in [2.05, 4.69) is 15.0 Å². The van der Waals surface area contributed by atoms with E-state index in [0.717, 1.165) is 12.2 Å². The van der Waals surface area contributed by atoms with Crippen LogP contribution in [0, 0.1) is 13.0 Å². The zero-order chi connectivity index (χ0) is 12.7. The maximum absolute atomic E-state index is 13.5. The van der Waals surface area contributed by atoms with Gasteiger partial charge in [-0.3, -0.25) is 0 Å². The number of aromatic nitrogens is 3. The molecular formula is C12H13FN4O. The van der Waals surface area contributed by atoms with Gasteiger partial charge >= 0.3 is 6.08 Å². The first kappa shape index (κ1) is 11.1. The second-order valence-electron chi connectivity index (χ2n) is 4.21. The highest BCUT2D eigenvalue weighted by atomic mass is 19.1. The summed E-state index contributed by atoms with van der Waals surface area (Å²) in [5, 5.41) is 0.696. The summed E-state index contributed by atoms with van der Waals surface area (Å²) in [6.07, 6.45) is -0.714. The van der Waals surface area contributed by atoms with E-state index in [-0.39, 0.29) is 0 Å². The number of nitrogens with zero attached hydrogens (tertiary/aromatic N) is 4. The molecule has 3 rings (SSSR count). The Balaban J connectivity index is 2.38. The lowest BCUT2D eigenvalue weighted by Crippen LogP contribution is -2.27. The summed E-state index contributed by atoms with van der Waals surface area (Å²) in [4.78, 5) is 14.0. The third kappa shape index (κ3) is 1.64. The minimum Gasteiger partial charge on any atom is -0.475 e. The Labute approximate surface area is 104 Å². The molecule has 5 nitrogen and oxygen atoms in total. The van der Waals surface area contributed by atoms with E-state index in [0.29, 0.717) is 35.8 Å². The van der Waals surface area contributed by atoms with Crippen molar-refractivity contribution < 1.29 is 9.13 Å². The number of ether oxygens (including phenoxy) is 1. The van der Waals surface area contributed by atoms with Crippen LogP contribution < -0.4 is 9.64 Å². The molecule has 6 heteroatoms. The minimum atomic E-state index is -0.714. The van der Waals surface area contributed by atoms with E-state index in [9.17, 15) is 4.39 Å². The molecule has 0 unspecified atom stereocenters. The van der Waals surface area contributed by atoms with Crippen molar-refractivity contribution in [2.75, 3.05) is 24.6 Å². The van der Waals surface area contributed by atoms with Crippen LogP contribution in [0.25, 0.3) is 10.9 Å². The van der Waals surface area contributed by atoms with Gasteiger partial charge in [-0.1, -0.05) is 0 Å². The lowest BCUT2D eigenvalue weighted by Gasteiger charge is -2.19. The molecule has 0 fully saturated rings. The molecule has 0 atom stereocenters. The lowest BCUT2D eigenvalue weighted by atomic mass is 10.2. The normalized spacial score (nSPS) is 14.5.